The summed E-state index contributed by atoms with van der Waals surface area (Å²) in [6.07, 6.45) is 1.07. The van der Waals surface area contributed by atoms with Gasteiger partial charge in [0, 0.05) is 12.1 Å². The average molecular weight is 229 g/mol. The number of benzene rings is 1. The van der Waals surface area contributed by atoms with Crippen LogP contribution in [0.4, 0.5) is 8.78 Å². The molecule has 1 aromatic carbocycles. The third-order valence-corrected chi connectivity index (χ3v) is 2.10. The van der Waals surface area contributed by atoms with Gasteiger partial charge in [-0.25, -0.2) is 8.78 Å². The van der Waals surface area contributed by atoms with E-state index in [2.05, 4.69) is 0 Å². The second-order valence-electron chi connectivity index (χ2n) is 3.90. The Morgan fingerprint density at radius 2 is 2.00 bits per heavy atom. The molecular formula is C12H17F2NO. The van der Waals surface area contributed by atoms with E-state index in [-0.39, 0.29) is 17.4 Å². The van der Waals surface area contributed by atoms with Crippen molar-refractivity contribution in [1.29, 1.82) is 0 Å². The molecule has 4 heteroatoms. The minimum Gasteiger partial charge on any atom is -0.490 e. The Kier molecular flexibility index (Phi) is 4.68. The normalized spacial score (nSPS) is 12.6. The monoisotopic (exact) mass is 229 g/mol. The second-order valence-corrected chi connectivity index (χ2v) is 3.90. The third kappa shape index (κ3) is 3.45. The molecule has 0 heterocycles. The van der Waals surface area contributed by atoms with Crippen LogP contribution >= 0.6 is 0 Å². The van der Waals surface area contributed by atoms with Gasteiger partial charge in [0.25, 0.3) is 0 Å². The molecule has 1 rings (SSSR count). The van der Waals surface area contributed by atoms with E-state index < -0.39 is 11.6 Å². The Morgan fingerprint density at radius 3 is 2.56 bits per heavy atom. The largest absolute Gasteiger partial charge is 0.490 e. The Hall–Kier alpha value is -1.16. The van der Waals surface area contributed by atoms with Gasteiger partial charge in [0.05, 0.1) is 6.61 Å². The first-order valence-electron chi connectivity index (χ1n) is 5.41. The molecule has 1 unspecified atom stereocenters. The minimum absolute atomic E-state index is 0.0345. The number of ether oxygens (including phenoxy) is 1. The van der Waals surface area contributed by atoms with Crippen molar-refractivity contribution in [2.24, 2.45) is 5.73 Å². The molecule has 0 bridgehead atoms. The molecule has 0 aromatic heterocycles. The SMILES string of the molecule is CCCOc1cc(F)c(CC(C)N)cc1F. The van der Waals surface area contributed by atoms with Gasteiger partial charge in [-0.1, -0.05) is 6.92 Å². The lowest BCUT2D eigenvalue weighted by molar-refractivity contribution is 0.299. The van der Waals surface area contributed by atoms with Crippen molar-refractivity contribution in [2.75, 3.05) is 6.61 Å². The summed E-state index contributed by atoms with van der Waals surface area (Å²) < 4.78 is 32.1. The molecule has 1 aromatic rings. The Morgan fingerprint density at radius 1 is 1.31 bits per heavy atom. The first-order valence-corrected chi connectivity index (χ1v) is 5.41. The molecule has 1 atom stereocenters. The smallest absolute Gasteiger partial charge is 0.165 e. The zero-order valence-corrected chi connectivity index (χ0v) is 9.59. The van der Waals surface area contributed by atoms with Crippen molar-refractivity contribution in [3.63, 3.8) is 0 Å². The summed E-state index contributed by atoms with van der Waals surface area (Å²) in [7, 11) is 0. The molecule has 16 heavy (non-hydrogen) atoms. The molecular weight excluding hydrogens is 212 g/mol. The van der Waals surface area contributed by atoms with Crippen molar-refractivity contribution in [1.82, 2.24) is 0 Å². The maximum absolute atomic E-state index is 13.5. The molecule has 0 aliphatic heterocycles. The maximum atomic E-state index is 13.5. The summed E-state index contributed by atoms with van der Waals surface area (Å²) in [5.41, 5.74) is 5.83. The predicted octanol–water partition coefficient (Wildman–Crippen LogP) is 2.64. The maximum Gasteiger partial charge on any atom is 0.165 e. The first kappa shape index (κ1) is 12.9. The van der Waals surface area contributed by atoms with Crippen LogP contribution in [0, 0.1) is 11.6 Å². The van der Waals surface area contributed by atoms with E-state index in [4.69, 9.17) is 10.5 Å². The Bertz CT molecular complexity index is 353. The van der Waals surface area contributed by atoms with Crippen molar-refractivity contribution in [2.45, 2.75) is 32.7 Å². The number of hydrogen-bond donors (Lipinski definition) is 1. The van der Waals surface area contributed by atoms with Crippen LogP contribution in [0.5, 0.6) is 5.75 Å². The first-order chi connectivity index (χ1) is 7.54. The fourth-order valence-electron chi connectivity index (χ4n) is 1.40. The molecule has 2 N–H and O–H groups in total. The topological polar surface area (TPSA) is 35.2 Å². The summed E-state index contributed by atoms with van der Waals surface area (Å²) in [6, 6.07) is 2.04. The lowest BCUT2D eigenvalue weighted by Crippen LogP contribution is -2.18. The number of nitrogens with two attached hydrogens (primary N) is 1. The molecule has 0 fully saturated rings. The number of hydrogen-bond acceptors (Lipinski definition) is 2. The van der Waals surface area contributed by atoms with Crippen molar-refractivity contribution >= 4 is 0 Å². The lowest BCUT2D eigenvalue weighted by atomic mass is 10.1. The van der Waals surface area contributed by atoms with Crippen LogP contribution in [0.15, 0.2) is 12.1 Å². The molecule has 0 aliphatic rings. The van der Waals surface area contributed by atoms with Crippen LogP contribution in [0.1, 0.15) is 25.8 Å². The summed E-state index contributed by atoms with van der Waals surface area (Å²) in [5, 5.41) is 0. The van der Waals surface area contributed by atoms with Crippen LogP contribution in [0.2, 0.25) is 0 Å². The third-order valence-electron chi connectivity index (χ3n) is 2.10. The zero-order valence-electron chi connectivity index (χ0n) is 9.59. The molecule has 0 aliphatic carbocycles. The van der Waals surface area contributed by atoms with Crippen LogP contribution in [-0.4, -0.2) is 12.6 Å². The molecule has 0 saturated carbocycles. The highest BCUT2D eigenvalue weighted by molar-refractivity contribution is 5.31. The van der Waals surface area contributed by atoms with Crippen molar-refractivity contribution in [3.05, 3.63) is 29.3 Å². The van der Waals surface area contributed by atoms with Crippen molar-refractivity contribution < 1.29 is 13.5 Å². The standard InChI is InChI=1S/C12H17F2NO/c1-3-4-16-12-7-10(13)9(5-8(2)15)6-11(12)14/h6-8H,3-5,15H2,1-2H3. The summed E-state index contributed by atoms with van der Waals surface area (Å²) in [4.78, 5) is 0. The van der Waals surface area contributed by atoms with Gasteiger partial charge in [0.15, 0.2) is 11.6 Å². The summed E-state index contributed by atoms with van der Waals surface area (Å²) in [6.45, 7) is 4.03. The molecule has 0 saturated heterocycles. The fraction of sp³-hybridized carbons (Fsp3) is 0.500. The number of rotatable bonds is 5. The molecule has 0 amide bonds. The second kappa shape index (κ2) is 5.80. The van der Waals surface area contributed by atoms with E-state index in [1.807, 2.05) is 6.92 Å². The van der Waals surface area contributed by atoms with Gasteiger partial charge in [-0.3, -0.25) is 0 Å². The zero-order chi connectivity index (χ0) is 12.1. The molecule has 2 nitrogen and oxygen atoms in total. The number of halogens is 2. The van der Waals surface area contributed by atoms with Crippen LogP contribution < -0.4 is 10.5 Å². The van der Waals surface area contributed by atoms with Gasteiger partial charge in [0.2, 0.25) is 0 Å². The highest BCUT2D eigenvalue weighted by atomic mass is 19.1. The van der Waals surface area contributed by atoms with Gasteiger partial charge in [-0.05, 0) is 31.4 Å². The Labute approximate surface area is 94.4 Å². The van der Waals surface area contributed by atoms with Crippen molar-refractivity contribution in [3.8, 4) is 5.75 Å². The summed E-state index contributed by atoms with van der Waals surface area (Å²) in [5.74, 6) is -1.04. The molecule has 0 spiro atoms. The highest BCUT2D eigenvalue weighted by Crippen LogP contribution is 2.22. The van der Waals surface area contributed by atoms with E-state index in [0.717, 1.165) is 18.6 Å². The van der Waals surface area contributed by atoms with Crippen LogP contribution in [0.3, 0.4) is 0 Å². The van der Waals surface area contributed by atoms with Gasteiger partial charge >= 0.3 is 0 Å². The van der Waals surface area contributed by atoms with Gasteiger partial charge < -0.3 is 10.5 Å². The van der Waals surface area contributed by atoms with Gasteiger partial charge in [-0.15, -0.1) is 0 Å². The van der Waals surface area contributed by atoms with Gasteiger partial charge in [-0.2, -0.15) is 0 Å². The fourth-order valence-corrected chi connectivity index (χ4v) is 1.40. The van der Waals surface area contributed by atoms with Crippen LogP contribution in [-0.2, 0) is 6.42 Å². The highest BCUT2D eigenvalue weighted by Gasteiger charge is 2.11. The average Bonchev–Trinajstić information content (AvgIpc) is 2.20. The Balaban J connectivity index is 2.88. The van der Waals surface area contributed by atoms with Crippen LogP contribution in [0.25, 0.3) is 0 Å². The molecule has 0 radical (unpaired) electrons. The van der Waals surface area contributed by atoms with E-state index in [1.54, 1.807) is 6.92 Å². The van der Waals surface area contributed by atoms with Gasteiger partial charge in [0.1, 0.15) is 5.82 Å². The predicted molar refractivity (Wildman–Crippen MR) is 59.5 cm³/mol. The minimum atomic E-state index is -0.537. The quantitative estimate of drug-likeness (QED) is 0.842. The molecule has 90 valence electrons. The van der Waals surface area contributed by atoms with E-state index in [0.29, 0.717) is 13.0 Å². The van der Waals surface area contributed by atoms with E-state index in [1.165, 1.54) is 0 Å². The van der Waals surface area contributed by atoms with E-state index in [9.17, 15) is 8.78 Å². The lowest BCUT2D eigenvalue weighted by Gasteiger charge is -2.10. The van der Waals surface area contributed by atoms with E-state index >= 15 is 0 Å². The summed E-state index contributed by atoms with van der Waals surface area (Å²) >= 11 is 0.